The molecule has 38 heavy (non-hydrogen) atoms. The third-order valence-electron chi connectivity index (χ3n) is 6.26. The summed E-state index contributed by atoms with van der Waals surface area (Å²) in [6.45, 7) is 6.62. The molecule has 0 unspecified atom stereocenters. The molecular weight excluding hydrogens is 513 g/mol. The molecule has 0 radical (unpaired) electrons. The lowest BCUT2D eigenvalue weighted by Crippen LogP contribution is -2.36. The third kappa shape index (κ3) is 6.13. The summed E-state index contributed by atoms with van der Waals surface area (Å²) in [6.07, 6.45) is 0.423. The topological polar surface area (TPSA) is 75.2 Å². The lowest BCUT2D eigenvalue weighted by molar-refractivity contribution is -0.123. The first-order valence-corrected chi connectivity index (χ1v) is 13.6. The Bertz CT molecular complexity index is 1340. The molecule has 3 aromatic rings. The Kier molecular flexibility index (Phi) is 8.04. The van der Waals surface area contributed by atoms with Gasteiger partial charge in [-0.2, -0.15) is 13.2 Å². The van der Waals surface area contributed by atoms with Crippen LogP contribution in [-0.4, -0.2) is 41.9 Å². The highest BCUT2D eigenvalue weighted by molar-refractivity contribution is 7.84. The Morgan fingerprint density at radius 3 is 2.45 bits per heavy atom. The van der Waals surface area contributed by atoms with Crippen molar-refractivity contribution in [1.29, 1.82) is 0 Å². The molecule has 0 bridgehead atoms. The lowest BCUT2D eigenvalue weighted by atomic mass is 9.93. The van der Waals surface area contributed by atoms with E-state index in [9.17, 15) is 22.2 Å². The number of hydrogen-bond acceptors (Lipinski definition) is 4. The average Bonchev–Trinajstić information content (AvgIpc) is 3.24. The van der Waals surface area contributed by atoms with Crippen molar-refractivity contribution in [3.8, 4) is 22.4 Å². The number of fused-ring (bicyclic) bond motifs is 1. The molecule has 0 spiro atoms. The number of benzene rings is 1. The maximum Gasteiger partial charge on any atom is 0.405 e. The highest BCUT2D eigenvalue weighted by atomic mass is 32.2. The van der Waals surface area contributed by atoms with Gasteiger partial charge >= 0.3 is 6.18 Å². The van der Waals surface area contributed by atoms with E-state index < -0.39 is 34.4 Å². The summed E-state index contributed by atoms with van der Waals surface area (Å²) >= 11 is 0. The number of nitrogens with one attached hydrogen (secondary N) is 1. The molecule has 2 atom stereocenters. The molecule has 0 aliphatic carbocycles. The molecule has 202 valence electrons. The maximum atomic E-state index is 13.5. The van der Waals surface area contributed by atoms with Gasteiger partial charge in [0.05, 0.1) is 16.5 Å². The summed E-state index contributed by atoms with van der Waals surface area (Å²) in [6, 6.07) is 12.7. The number of amides is 1. The number of pyridine rings is 2. The Labute approximate surface area is 223 Å². The minimum absolute atomic E-state index is 0.103. The summed E-state index contributed by atoms with van der Waals surface area (Å²) in [5.74, 6) is -0.905. The third-order valence-corrected chi connectivity index (χ3v) is 8.12. The van der Waals surface area contributed by atoms with Crippen LogP contribution >= 0.6 is 0 Å². The smallest absolute Gasteiger partial charge is 0.342 e. The van der Waals surface area contributed by atoms with Crippen molar-refractivity contribution in [1.82, 2.24) is 19.6 Å². The molecule has 0 saturated heterocycles. The predicted octanol–water partition coefficient (Wildman–Crippen LogP) is 6.22. The highest BCUT2D eigenvalue weighted by Crippen LogP contribution is 2.44. The molecule has 1 aromatic carbocycles. The van der Waals surface area contributed by atoms with Crippen LogP contribution in [0.4, 0.5) is 13.2 Å². The van der Waals surface area contributed by atoms with Gasteiger partial charge in [0.2, 0.25) is 0 Å². The molecular formula is C28H31F3N4O2S. The molecule has 2 aromatic heterocycles. The van der Waals surface area contributed by atoms with Gasteiger partial charge in [-0.15, -0.1) is 0 Å². The SMILES string of the molecule is CCC[C@@H]1c2c(cc(C(=O)NCC(F)(F)F)nc2-c2cccc(-c3cccnc3)c2)CN1[S@](=O)C(C)(C)C. The zero-order valence-electron chi connectivity index (χ0n) is 21.8. The van der Waals surface area contributed by atoms with E-state index in [0.717, 1.165) is 34.2 Å². The van der Waals surface area contributed by atoms with E-state index >= 15 is 0 Å². The number of halogens is 3. The predicted molar refractivity (Wildman–Crippen MR) is 142 cm³/mol. The van der Waals surface area contributed by atoms with E-state index in [1.807, 2.05) is 73.7 Å². The largest absolute Gasteiger partial charge is 0.405 e. The van der Waals surface area contributed by atoms with E-state index in [0.29, 0.717) is 18.7 Å². The molecule has 0 saturated carbocycles. The van der Waals surface area contributed by atoms with Crippen LogP contribution < -0.4 is 5.32 Å². The molecule has 0 fully saturated rings. The van der Waals surface area contributed by atoms with Crippen molar-refractivity contribution in [2.75, 3.05) is 6.54 Å². The second kappa shape index (κ2) is 10.9. The molecule has 1 amide bonds. The Balaban J connectivity index is 1.87. The second-order valence-corrected chi connectivity index (χ2v) is 12.5. The minimum Gasteiger partial charge on any atom is -0.342 e. The zero-order chi connectivity index (χ0) is 27.7. The number of alkyl halides is 3. The van der Waals surface area contributed by atoms with Crippen LogP contribution in [0.3, 0.4) is 0 Å². The minimum atomic E-state index is -4.54. The summed E-state index contributed by atoms with van der Waals surface area (Å²) in [5.41, 5.74) is 4.52. The van der Waals surface area contributed by atoms with Crippen LogP contribution in [-0.2, 0) is 17.5 Å². The van der Waals surface area contributed by atoms with Gasteiger partial charge in [-0.25, -0.2) is 13.5 Å². The van der Waals surface area contributed by atoms with Crippen molar-refractivity contribution >= 4 is 16.9 Å². The van der Waals surface area contributed by atoms with Gasteiger partial charge in [-0.3, -0.25) is 9.78 Å². The molecule has 4 rings (SSSR count). The standard InChI is InChI=1S/C28H31F3N4O2S/c1-5-8-23-24-21(16-35(23)38(37)27(2,3)4)14-22(26(36)33-17-28(29,30)31)34-25(24)19-10-6-9-18(13-19)20-11-7-12-32-15-20/h6-7,9-15,23H,5,8,16-17H2,1-4H3,(H,33,36)/t23-,38-/m1/s1. The normalized spacial score (nSPS) is 16.8. The number of aromatic nitrogens is 2. The Morgan fingerprint density at radius 1 is 1.11 bits per heavy atom. The summed E-state index contributed by atoms with van der Waals surface area (Å²) in [5, 5.41) is 1.93. The summed E-state index contributed by atoms with van der Waals surface area (Å²) < 4.78 is 53.4. The maximum absolute atomic E-state index is 13.5. The number of nitrogens with zero attached hydrogens (tertiary/aromatic N) is 3. The fraction of sp³-hybridized carbons (Fsp3) is 0.393. The molecule has 6 nitrogen and oxygen atoms in total. The van der Waals surface area contributed by atoms with E-state index in [2.05, 4.69) is 9.97 Å². The lowest BCUT2D eigenvalue weighted by Gasteiger charge is -2.30. The summed E-state index contributed by atoms with van der Waals surface area (Å²) in [4.78, 5) is 21.6. The van der Waals surface area contributed by atoms with E-state index in [1.54, 1.807) is 12.4 Å². The quantitative estimate of drug-likeness (QED) is 0.383. The van der Waals surface area contributed by atoms with Gasteiger partial charge in [0.15, 0.2) is 0 Å². The number of rotatable bonds is 7. The van der Waals surface area contributed by atoms with Crippen molar-refractivity contribution in [2.24, 2.45) is 0 Å². The molecule has 1 N–H and O–H groups in total. The van der Waals surface area contributed by atoms with Crippen LogP contribution in [0.25, 0.3) is 22.4 Å². The van der Waals surface area contributed by atoms with Crippen molar-refractivity contribution in [3.63, 3.8) is 0 Å². The number of carbonyl (C=O) groups excluding carboxylic acids is 1. The Hall–Kier alpha value is -3.11. The summed E-state index contributed by atoms with van der Waals surface area (Å²) in [7, 11) is -1.35. The first-order valence-electron chi connectivity index (χ1n) is 12.5. The van der Waals surface area contributed by atoms with Crippen molar-refractivity contribution < 1.29 is 22.2 Å². The van der Waals surface area contributed by atoms with Crippen LogP contribution in [0.5, 0.6) is 0 Å². The van der Waals surface area contributed by atoms with Gasteiger partial charge < -0.3 is 5.32 Å². The molecule has 1 aliphatic heterocycles. The van der Waals surface area contributed by atoms with Gasteiger partial charge in [0, 0.05) is 35.6 Å². The van der Waals surface area contributed by atoms with Crippen molar-refractivity contribution in [2.45, 2.75) is 64.0 Å². The number of carbonyl (C=O) groups is 1. The molecule has 1 aliphatic rings. The van der Waals surface area contributed by atoms with Crippen LogP contribution in [0.15, 0.2) is 54.9 Å². The fourth-order valence-electron chi connectivity index (χ4n) is 4.61. The van der Waals surface area contributed by atoms with E-state index in [4.69, 9.17) is 0 Å². The second-order valence-electron chi connectivity index (χ2n) is 10.3. The van der Waals surface area contributed by atoms with Crippen LogP contribution in [0.2, 0.25) is 0 Å². The molecule has 10 heteroatoms. The monoisotopic (exact) mass is 544 g/mol. The number of hydrogen-bond donors (Lipinski definition) is 1. The van der Waals surface area contributed by atoms with Crippen LogP contribution in [0, 0.1) is 0 Å². The van der Waals surface area contributed by atoms with Crippen molar-refractivity contribution in [3.05, 3.63) is 71.7 Å². The van der Waals surface area contributed by atoms with Gasteiger partial charge in [-0.05, 0) is 56.5 Å². The van der Waals surface area contributed by atoms with Gasteiger partial charge in [0.25, 0.3) is 5.91 Å². The van der Waals surface area contributed by atoms with Crippen LogP contribution in [0.1, 0.15) is 68.2 Å². The Morgan fingerprint density at radius 2 is 1.82 bits per heavy atom. The first kappa shape index (κ1) is 27.9. The zero-order valence-corrected chi connectivity index (χ0v) is 22.6. The average molecular weight is 545 g/mol. The van der Waals surface area contributed by atoms with Gasteiger partial charge in [0.1, 0.15) is 23.2 Å². The fourth-order valence-corrected chi connectivity index (χ4v) is 6.01. The first-order chi connectivity index (χ1) is 17.9. The van der Waals surface area contributed by atoms with E-state index in [-0.39, 0.29) is 11.7 Å². The highest BCUT2D eigenvalue weighted by Gasteiger charge is 2.40. The van der Waals surface area contributed by atoms with Gasteiger partial charge in [-0.1, -0.05) is 37.6 Å². The molecule has 3 heterocycles. The van der Waals surface area contributed by atoms with E-state index in [1.165, 1.54) is 6.07 Å².